The first-order chi connectivity index (χ1) is 20.8. The lowest BCUT2D eigenvalue weighted by atomic mass is 10.1. The summed E-state index contributed by atoms with van der Waals surface area (Å²) < 4.78 is 38.5. The van der Waals surface area contributed by atoms with Gasteiger partial charge < -0.3 is 23.6 Å². The summed E-state index contributed by atoms with van der Waals surface area (Å²) in [6.45, 7) is 15.7. The number of aromatic amines is 1. The number of benzene rings is 2. The lowest BCUT2D eigenvalue weighted by Crippen LogP contribution is -2.67. The highest BCUT2D eigenvalue weighted by molar-refractivity contribution is 7.30. The molecule has 2 aromatic carbocycles. The van der Waals surface area contributed by atoms with Crippen molar-refractivity contribution in [2.75, 3.05) is 6.61 Å². The normalized spacial score (nSPS) is 23.2. The van der Waals surface area contributed by atoms with Gasteiger partial charge in [0.15, 0.2) is 20.6 Å². The fourth-order valence-electron chi connectivity index (χ4n) is 5.55. The standard InChI is InChI=1S/C31H43N2O9PSi2/c1-29(2,3)44(7,8)41-26-27(33-20-19-25(34)32-28(33)35)40-24(31(26,36)42-43(37)38)21-39-45(30(4,5)6,22-15-11-9-12-16-22)23-17-13-10-14-18-23/h9-20,24,26-27,36H,21H2,1-8H3,(H,32,34,35)/t24-,26+,27-,31-/m1/s1. The van der Waals surface area contributed by atoms with Crippen LogP contribution in [0.2, 0.25) is 23.2 Å². The van der Waals surface area contributed by atoms with Crippen molar-refractivity contribution in [2.45, 2.75) is 88.9 Å². The van der Waals surface area contributed by atoms with E-state index in [1.54, 1.807) is 0 Å². The quantitative estimate of drug-likeness (QED) is 0.188. The molecule has 4 rings (SSSR count). The maximum atomic E-state index is 13.0. The molecular weight excluding hydrogens is 631 g/mol. The first-order valence-corrected chi connectivity index (χ1v) is 20.7. The molecule has 14 heteroatoms. The summed E-state index contributed by atoms with van der Waals surface area (Å²) in [5, 5.41) is 13.3. The van der Waals surface area contributed by atoms with Crippen LogP contribution >= 0.6 is 8.25 Å². The van der Waals surface area contributed by atoms with Crippen LogP contribution in [0.15, 0.2) is 82.5 Å². The van der Waals surface area contributed by atoms with E-state index in [-0.39, 0.29) is 11.6 Å². The van der Waals surface area contributed by atoms with Crippen molar-refractivity contribution in [1.29, 1.82) is 0 Å². The number of aliphatic hydroxyl groups is 1. The van der Waals surface area contributed by atoms with Crippen molar-refractivity contribution in [3.05, 3.63) is 93.8 Å². The third kappa shape index (κ3) is 6.92. The van der Waals surface area contributed by atoms with Crippen LogP contribution in [-0.2, 0) is 22.7 Å². The Balaban J connectivity index is 1.88. The molecule has 2 N–H and O–H groups in total. The van der Waals surface area contributed by atoms with E-state index >= 15 is 0 Å². The average molecular weight is 675 g/mol. The molecule has 0 amide bonds. The predicted octanol–water partition coefficient (Wildman–Crippen LogP) is 3.12. The fourth-order valence-corrected chi connectivity index (χ4v) is 11.8. The first kappa shape index (κ1) is 35.3. The molecule has 0 bridgehead atoms. The number of nitrogens with zero attached hydrogens (tertiary/aromatic N) is 1. The highest BCUT2D eigenvalue weighted by Gasteiger charge is 2.65. The molecule has 1 aromatic heterocycles. The van der Waals surface area contributed by atoms with E-state index in [0.29, 0.717) is 0 Å². The van der Waals surface area contributed by atoms with Gasteiger partial charge in [-0.3, -0.25) is 14.3 Å². The number of hydrogen-bond donors (Lipinski definition) is 2. The highest BCUT2D eigenvalue weighted by Crippen LogP contribution is 2.48. The van der Waals surface area contributed by atoms with Gasteiger partial charge in [0.1, 0.15) is 6.10 Å². The Morgan fingerprint density at radius 1 is 0.956 bits per heavy atom. The second-order valence-electron chi connectivity index (χ2n) is 13.9. The minimum Gasteiger partial charge on any atom is -0.566 e. The Hall–Kier alpha value is -2.59. The Labute approximate surface area is 266 Å². The molecule has 11 nitrogen and oxygen atoms in total. The maximum absolute atomic E-state index is 13.0. The summed E-state index contributed by atoms with van der Waals surface area (Å²) in [6.07, 6.45) is -3.05. The second kappa shape index (κ2) is 12.9. The molecule has 3 aromatic rings. The van der Waals surface area contributed by atoms with Gasteiger partial charge in [0.05, 0.1) is 6.61 Å². The van der Waals surface area contributed by atoms with Gasteiger partial charge in [-0.15, -0.1) is 4.52 Å². The molecule has 2 heterocycles. The van der Waals surface area contributed by atoms with Gasteiger partial charge in [-0.1, -0.05) is 102 Å². The summed E-state index contributed by atoms with van der Waals surface area (Å²) >= 11 is 0. The summed E-state index contributed by atoms with van der Waals surface area (Å²) in [4.78, 5) is 39.3. The third-order valence-corrected chi connectivity index (χ3v) is 18.8. The van der Waals surface area contributed by atoms with Crippen LogP contribution in [0.4, 0.5) is 0 Å². The zero-order valence-electron chi connectivity index (χ0n) is 27.0. The van der Waals surface area contributed by atoms with Crippen molar-refractivity contribution in [2.24, 2.45) is 0 Å². The number of hydrogen-bond acceptors (Lipinski definition) is 9. The van der Waals surface area contributed by atoms with E-state index in [1.165, 1.54) is 6.20 Å². The molecule has 0 radical (unpaired) electrons. The SMILES string of the molecule is CC(C)(C)[Si](C)(C)O[C@H]1[C@H](n2ccc(=O)[nH]c2=O)O[C@H](CO[Si](c2ccccc2)(c2ccccc2)C(C)(C)C)[C@@]1(O)O[P+](=O)[O-]. The number of H-pyrrole nitrogens is 1. The molecule has 1 aliphatic rings. The van der Waals surface area contributed by atoms with E-state index in [9.17, 15) is 24.2 Å². The number of aromatic nitrogens is 2. The summed E-state index contributed by atoms with van der Waals surface area (Å²) in [5.74, 6) is -2.59. The number of nitrogens with one attached hydrogen (secondary N) is 1. The van der Waals surface area contributed by atoms with Gasteiger partial charge in [0.2, 0.25) is 0 Å². The van der Waals surface area contributed by atoms with E-state index in [0.717, 1.165) is 21.0 Å². The van der Waals surface area contributed by atoms with Gasteiger partial charge in [0, 0.05) is 12.3 Å². The summed E-state index contributed by atoms with van der Waals surface area (Å²) in [5.41, 5.74) is -1.45. The van der Waals surface area contributed by atoms with Crippen LogP contribution in [0.5, 0.6) is 0 Å². The molecule has 0 spiro atoms. The first-order valence-electron chi connectivity index (χ1n) is 14.8. The molecule has 0 saturated carbocycles. The van der Waals surface area contributed by atoms with Gasteiger partial charge in [-0.05, 0) is 38.1 Å². The van der Waals surface area contributed by atoms with Crippen LogP contribution in [0.3, 0.4) is 0 Å². The molecule has 45 heavy (non-hydrogen) atoms. The minimum atomic E-state index is -3.62. The number of ether oxygens (including phenoxy) is 1. The zero-order chi connectivity index (χ0) is 33.4. The molecule has 1 fully saturated rings. The fraction of sp³-hybridized carbons (Fsp3) is 0.484. The van der Waals surface area contributed by atoms with Crippen LogP contribution < -0.4 is 26.5 Å². The van der Waals surface area contributed by atoms with Crippen LogP contribution in [0, 0.1) is 0 Å². The van der Waals surface area contributed by atoms with Gasteiger partial charge >= 0.3 is 13.9 Å². The largest absolute Gasteiger partial charge is 0.566 e. The van der Waals surface area contributed by atoms with Crippen molar-refractivity contribution >= 4 is 35.3 Å². The topological polar surface area (TPSA) is 152 Å². The molecule has 1 saturated heterocycles. The maximum Gasteiger partial charge on any atom is 0.491 e. The monoisotopic (exact) mass is 674 g/mol. The minimum absolute atomic E-state index is 0.307. The Morgan fingerprint density at radius 3 is 1.93 bits per heavy atom. The lowest BCUT2D eigenvalue weighted by Gasteiger charge is -2.44. The van der Waals surface area contributed by atoms with E-state index < -0.39 is 65.4 Å². The lowest BCUT2D eigenvalue weighted by molar-refractivity contribution is -0.256. The van der Waals surface area contributed by atoms with Crippen molar-refractivity contribution < 1.29 is 32.7 Å². The van der Waals surface area contributed by atoms with Crippen molar-refractivity contribution in [3.63, 3.8) is 0 Å². The Kier molecular flexibility index (Phi) is 10.1. The van der Waals surface area contributed by atoms with Crippen molar-refractivity contribution in [1.82, 2.24) is 9.55 Å². The van der Waals surface area contributed by atoms with Crippen molar-refractivity contribution in [3.8, 4) is 0 Å². The molecule has 244 valence electrons. The zero-order valence-corrected chi connectivity index (χ0v) is 29.9. The van der Waals surface area contributed by atoms with Gasteiger partial charge in [0.25, 0.3) is 19.7 Å². The molecule has 1 aliphatic heterocycles. The van der Waals surface area contributed by atoms with Gasteiger partial charge in [-0.25, -0.2) is 4.79 Å². The molecule has 5 atom stereocenters. The summed E-state index contributed by atoms with van der Waals surface area (Å²) in [7, 11) is -9.57. The summed E-state index contributed by atoms with van der Waals surface area (Å²) in [6, 6.07) is 20.7. The van der Waals surface area contributed by atoms with Gasteiger partial charge in [-0.2, -0.15) is 0 Å². The van der Waals surface area contributed by atoms with E-state index in [4.69, 9.17) is 18.1 Å². The van der Waals surface area contributed by atoms with E-state index in [2.05, 4.69) is 25.8 Å². The van der Waals surface area contributed by atoms with Crippen LogP contribution in [0.1, 0.15) is 47.8 Å². The van der Waals surface area contributed by atoms with Crippen LogP contribution in [-0.4, -0.2) is 55.9 Å². The molecule has 1 unspecified atom stereocenters. The molecular formula is C31H43N2O9PSi2. The van der Waals surface area contributed by atoms with E-state index in [1.807, 2.05) is 94.5 Å². The number of rotatable bonds is 10. The smallest absolute Gasteiger partial charge is 0.491 e. The third-order valence-electron chi connectivity index (χ3n) is 8.87. The Bertz CT molecular complexity index is 1560. The average Bonchev–Trinajstić information content (AvgIpc) is 3.18. The van der Waals surface area contributed by atoms with Crippen LogP contribution in [0.25, 0.3) is 0 Å². The second-order valence-corrected chi connectivity index (χ2v) is 23.6. The molecule has 0 aliphatic carbocycles. The Morgan fingerprint density at radius 2 is 1.49 bits per heavy atom. The highest BCUT2D eigenvalue weighted by atomic mass is 31.1. The predicted molar refractivity (Wildman–Crippen MR) is 175 cm³/mol.